The zero-order chi connectivity index (χ0) is 9.84. The van der Waals surface area contributed by atoms with Gasteiger partial charge in [-0.25, -0.2) is 0 Å². The van der Waals surface area contributed by atoms with Gasteiger partial charge in [-0.1, -0.05) is 0 Å². The van der Waals surface area contributed by atoms with Crippen molar-refractivity contribution in [1.29, 1.82) is 0 Å². The summed E-state index contributed by atoms with van der Waals surface area (Å²) in [5, 5.41) is 0. The minimum absolute atomic E-state index is 1.20. The number of hydrogen-bond acceptors (Lipinski definition) is 5. The van der Waals surface area contributed by atoms with E-state index in [0.717, 1.165) is 0 Å². The lowest BCUT2D eigenvalue weighted by molar-refractivity contribution is 0.190. The molecule has 0 bridgehead atoms. The minimum Gasteiger partial charge on any atom is -0.417 e. The lowest BCUT2D eigenvalue weighted by Crippen LogP contribution is -2.38. The van der Waals surface area contributed by atoms with E-state index < -0.39 is 36.2 Å². The first-order valence-corrected chi connectivity index (χ1v) is 12.4. The standard InChI is InChI=1S/C4H14O5Si4/c1-5-12-7-10(3)11(4)8-13(6-2)9-12/h10-11H,1-4H3. The summed E-state index contributed by atoms with van der Waals surface area (Å²) < 4.78 is 27.0. The van der Waals surface area contributed by atoms with Crippen molar-refractivity contribution in [1.82, 2.24) is 0 Å². The summed E-state index contributed by atoms with van der Waals surface area (Å²) in [4.78, 5) is 0. The van der Waals surface area contributed by atoms with E-state index in [1.807, 2.05) is 0 Å². The first-order valence-electron chi connectivity index (χ1n) is 4.00. The molecule has 0 aromatic carbocycles. The largest absolute Gasteiger partial charge is 0.557 e. The molecule has 0 N–H and O–H groups in total. The Morgan fingerprint density at radius 1 is 0.923 bits per heavy atom. The fraction of sp³-hybridized carbons (Fsp3) is 1.00. The summed E-state index contributed by atoms with van der Waals surface area (Å²) >= 11 is 0. The number of hydrogen-bond donors (Lipinski definition) is 0. The lowest BCUT2D eigenvalue weighted by Gasteiger charge is -2.13. The lowest BCUT2D eigenvalue weighted by atomic mass is 11.8. The first-order chi connectivity index (χ1) is 6.17. The second kappa shape index (κ2) is 5.52. The maximum absolute atomic E-state index is 5.68. The highest BCUT2D eigenvalue weighted by atomic mass is 29.2. The molecule has 1 fully saturated rings. The number of rotatable bonds is 2. The molecule has 2 atom stereocenters. The third-order valence-electron chi connectivity index (χ3n) is 1.73. The second-order valence-electron chi connectivity index (χ2n) is 2.66. The van der Waals surface area contributed by atoms with Crippen molar-refractivity contribution < 1.29 is 21.2 Å². The Labute approximate surface area is 85.1 Å². The van der Waals surface area contributed by atoms with Gasteiger partial charge in [-0.3, -0.25) is 0 Å². The van der Waals surface area contributed by atoms with Crippen molar-refractivity contribution in [2.75, 3.05) is 14.2 Å². The normalized spacial score (nSPS) is 33.2. The molecule has 1 saturated heterocycles. The molecule has 0 saturated carbocycles. The van der Waals surface area contributed by atoms with Crippen LogP contribution in [0.5, 0.6) is 0 Å². The summed E-state index contributed by atoms with van der Waals surface area (Å²) in [6.45, 7) is 4.26. The third-order valence-corrected chi connectivity index (χ3v) is 16.0. The highest BCUT2D eigenvalue weighted by Crippen LogP contribution is 2.09. The SMILES string of the molecule is CO[Si]1O[Si](OC)O[SiH](C)[SiH](C)O1. The highest BCUT2D eigenvalue weighted by Gasteiger charge is 2.38. The van der Waals surface area contributed by atoms with E-state index in [1.54, 1.807) is 14.2 Å². The van der Waals surface area contributed by atoms with E-state index in [9.17, 15) is 0 Å². The Kier molecular flexibility index (Phi) is 4.99. The molecule has 2 unspecified atom stereocenters. The molecule has 2 radical (unpaired) electrons. The van der Waals surface area contributed by atoms with E-state index in [-0.39, 0.29) is 0 Å². The zero-order valence-corrected chi connectivity index (χ0v) is 12.5. The van der Waals surface area contributed by atoms with Crippen molar-refractivity contribution in [2.45, 2.75) is 13.1 Å². The zero-order valence-electron chi connectivity index (χ0n) is 8.20. The smallest absolute Gasteiger partial charge is 0.417 e. The summed E-state index contributed by atoms with van der Waals surface area (Å²) in [6, 6.07) is 0. The molecule has 1 aliphatic heterocycles. The van der Waals surface area contributed by atoms with Gasteiger partial charge in [0.15, 0.2) is 17.1 Å². The molecule has 76 valence electrons. The molecule has 5 nitrogen and oxygen atoms in total. The van der Waals surface area contributed by atoms with Crippen molar-refractivity contribution in [3.8, 4) is 0 Å². The molecule has 13 heavy (non-hydrogen) atoms. The van der Waals surface area contributed by atoms with Crippen LogP contribution >= 0.6 is 0 Å². The van der Waals surface area contributed by atoms with Crippen LogP contribution in [0, 0.1) is 0 Å². The fourth-order valence-corrected chi connectivity index (χ4v) is 13.4. The quantitative estimate of drug-likeness (QED) is 0.598. The molecule has 1 aliphatic rings. The molecular weight excluding hydrogens is 240 g/mol. The van der Waals surface area contributed by atoms with Crippen LogP contribution < -0.4 is 0 Å². The van der Waals surface area contributed by atoms with Crippen LogP contribution in [0.1, 0.15) is 0 Å². The van der Waals surface area contributed by atoms with E-state index in [1.165, 1.54) is 0 Å². The van der Waals surface area contributed by atoms with E-state index in [2.05, 4.69) is 13.1 Å². The average Bonchev–Trinajstić information content (AvgIpc) is 2.27. The fourth-order valence-electron chi connectivity index (χ4n) is 0.791. The maximum atomic E-state index is 5.68. The Bertz CT molecular complexity index is 143. The van der Waals surface area contributed by atoms with Crippen LogP contribution in [0.4, 0.5) is 0 Å². The molecule has 1 rings (SSSR count). The summed E-state index contributed by atoms with van der Waals surface area (Å²) in [7, 11) is -2.36. The van der Waals surface area contributed by atoms with Crippen LogP contribution in [0.25, 0.3) is 0 Å². The van der Waals surface area contributed by atoms with Gasteiger partial charge >= 0.3 is 19.1 Å². The summed E-state index contributed by atoms with van der Waals surface area (Å²) in [6.07, 6.45) is 0. The summed E-state index contributed by atoms with van der Waals surface area (Å²) in [5.74, 6) is 0. The van der Waals surface area contributed by atoms with Gasteiger partial charge in [0.1, 0.15) is 0 Å². The Balaban J connectivity index is 2.56. The van der Waals surface area contributed by atoms with Crippen molar-refractivity contribution in [3.63, 3.8) is 0 Å². The van der Waals surface area contributed by atoms with Gasteiger partial charge in [0.2, 0.25) is 0 Å². The van der Waals surface area contributed by atoms with Crippen LogP contribution in [0.3, 0.4) is 0 Å². The van der Waals surface area contributed by atoms with Gasteiger partial charge in [0, 0.05) is 14.2 Å². The van der Waals surface area contributed by atoms with Gasteiger partial charge in [-0.05, 0) is 13.1 Å². The van der Waals surface area contributed by atoms with Gasteiger partial charge in [0.25, 0.3) is 0 Å². The topological polar surface area (TPSA) is 46.2 Å². The highest BCUT2D eigenvalue weighted by molar-refractivity contribution is 7.18. The van der Waals surface area contributed by atoms with Crippen LogP contribution in [-0.2, 0) is 21.2 Å². The molecule has 0 amide bonds. The molecule has 0 spiro atoms. The van der Waals surface area contributed by atoms with Gasteiger partial charge < -0.3 is 21.2 Å². The van der Waals surface area contributed by atoms with Gasteiger partial charge in [-0.15, -0.1) is 0 Å². The Hall–Kier alpha value is 0.668. The van der Waals surface area contributed by atoms with Crippen molar-refractivity contribution in [3.05, 3.63) is 0 Å². The van der Waals surface area contributed by atoms with Crippen LogP contribution in [0.2, 0.25) is 13.1 Å². The Morgan fingerprint density at radius 2 is 1.31 bits per heavy atom. The predicted molar refractivity (Wildman–Crippen MR) is 54.8 cm³/mol. The second-order valence-corrected chi connectivity index (χ2v) is 15.6. The van der Waals surface area contributed by atoms with E-state index in [0.29, 0.717) is 0 Å². The van der Waals surface area contributed by atoms with E-state index >= 15 is 0 Å². The molecule has 0 aliphatic carbocycles. The van der Waals surface area contributed by atoms with Crippen LogP contribution in [-0.4, -0.2) is 50.4 Å². The van der Waals surface area contributed by atoms with Gasteiger partial charge in [0.05, 0.1) is 0 Å². The third kappa shape index (κ3) is 3.37. The summed E-state index contributed by atoms with van der Waals surface area (Å²) in [5.41, 5.74) is 0. The van der Waals surface area contributed by atoms with Crippen LogP contribution in [0.15, 0.2) is 0 Å². The minimum atomic E-state index is -1.57. The van der Waals surface area contributed by atoms with Crippen molar-refractivity contribution in [2.24, 2.45) is 0 Å². The molecule has 9 heteroatoms. The Morgan fingerprint density at radius 3 is 1.62 bits per heavy atom. The van der Waals surface area contributed by atoms with Gasteiger partial charge in [-0.2, -0.15) is 0 Å². The first kappa shape index (κ1) is 11.7. The molecular formula is C4H14O5Si4. The average molecular weight is 254 g/mol. The predicted octanol–water partition coefficient (Wildman–Crippen LogP) is -0.902. The maximum Gasteiger partial charge on any atom is 0.557 e. The van der Waals surface area contributed by atoms with Crippen molar-refractivity contribution >= 4 is 36.2 Å². The van der Waals surface area contributed by atoms with E-state index in [4.69, 9.17) is 21.2 Å². The monoisotopic (exact) mass is 254 g/mol. The molecule has 0 aromatic heterocycles. The molecule has 1 heterocycles. The molecule has 0 aromatic rings.